The summed E-state index contributed by atoms with van der Waals surface area (Å²) < 4.78 is 12.6. The Labute approximate surface area is 213 Å². The molecule has 0 radical (unpaired) electrons. The molecule has 182 valence electrons. The fourth-order valence-corrected chi connectivity index (χ4v) is 3.83. The van der Waals surface area contributed by atoms with Crippen LogP contribution < -0.4 is 30.6 Å². The third-order valence-electron chi connectivity index (χ3n) is 5.55. The topological polar surface area (TPSA) is 80.1 Å². The van der Waals surface area contributed by atoms with E-state index < -0.39 is 0 Å². The van der Waals surface area contributed by atoms with Crippen molar-refractivity contribution in [1.29, 1.82) is 0 Å². The Morgan fingerprint density at radius 3 is 2.58 bits per heavy atom. The van der Waals surface area contributed by atoms with Crippen LogP contribution in [0.2, 0.25) is 0 Å². The summed E-state index contributed by atoms with van der Waals surface area (Å²) in [5.74, 6) is 2.44. The lowest BCUT2D eigenvalue weighted by Crippen LogP contribution is -2.44. The average Bonchev–Trinajstić information content (AvgIpc) is 3.28. The van der Waals surface area contributed by atoms with Crippen LogP contribution >= 0.6 is 24.0 Å². The van der Waals surface area contributed by atoms with Gasteiger partial charge >= 0.3 is 0 Å². The van der Waals surface area contributed by atoms with Gasteiger partial charge < -0.3 is 29.6 Å². The number of benzene rings is 1. The van der Waals surface area contributed by atoms with E-state index in [1.165, 1.54) is 0 Å². The zero-order valence-corrected chi connectivity index (χ0v) is 22.1. The molecule has 1 aliphatic heterocycles. The molecule has 1 saturated heterocycles. The summed E-state index contributed by atoms with van der Waals surface area (Å²) in [5.41, 5.74) is 1.15. The van der Waals surface area contributed by atoms with E-state index in [0.29, 0.717) is 6.04 Å². The number of pyridine rings is 1. The summed E-state index contributed by atoms with van der Waals surface area (Å²) in [4.78, 5) is 18.8. The summed E-state index contributed by atoms with van der Waals surface area (Å²) in [5, 5.41) is 6.91. The van der Waals surface area contributed by atoms with Gasteiger partial charge in [-0.05, 0) is 32.3 Å². The molecule has 1 aromatic heterocycles. The summed E-state index contributed by atoms with van der Waals surface area (Å²) in [6.45, 7) is 6.18. The Kier molecular flexibility index (Phi) is 11.4. The second kappa shape index (κ2) is 14.0. The first kappa shape index (κ1) is 26.8. The molecular formula is C24H36IN5O3. The summed E-state index contributed by atoms with van der Waals surface area (Å²) in [6.07, 6.45) is 4.71. The van der Waals surface area contributed by atoms with Crippen molar-refractivity contribution in [2.75, 3.05) is 45.3 Å². The van der Waals surface area contributed by atoms with E-state index in [1.54, 1.807) is 30.9 Å². The van der Waals surface area contributed by atoms with E-state index in [2.05, 4.69) is 22.5 Å². The molecule has 0 spiro atoms. The first-order valence-corrected chi connectivity index (χ1v) is 11.3. The highest BCUT2D eigenvalue weighted by atomic mass is 127. The van der Waals surface area contributed by atoms with Crippen molar-refractivity contribution in [3.63, 3.8) is 0 Å². The van der Waals surface area contributed by atoms with Gasteiger partial charge in [-0.15, -0.1) is 24.0 Å². The maximum atomic E-state index is 11.8. The monoisotopic (exact) mass is 569 g/mol. The van der Waals surface area contributed by atoms with E-state index >= 15 is 0 Å². The molecule has 0 saturated carbocycles. The molecular weight excluding hydrogens is 533 g/mol. The van der Waals surface area contributed by atoms with Gasteiger partial charge in [0.25, 0.3) is 0 Å². The predicted molar refractivity (Wildman–Crippen MR) is 145 cm³/mol. The number of aryl methyl sites for hydroxylation is 1. The van der Waals surface area contributed by atoms with E-state index in [9.17, 15) is 4.79 Å². The highest BCUT2D eigenvalue weighted by molar-refractivity contribution is 14.0. The van der Waals surface area contributed by atoms with Crippen LogP contribution in [-0.4, -0.2) is 57.0 Å². The van der Waals surface area contributed by atoms with E-state index in [1.807, 2.05) is 30.5 Å². The largest absolute Gasteiger partial charge is 0.497 e. The Hall–Kier alpha value is -2.43. The summed E-state index contributed by atoms with van der Waals surface area (Å²) >= 11 is 0. The molecule has 9 heteroatoms. The number of aliphatic imine (C=N–C) groups is 1. The van der Waals surface area contributed by atoms with Gasteiger partial charge in [0, 0.05) is 74.9 Å². The molecule has 2 aromatic rings. The van der Waals surface area contributed by atoms with Gasteiger partial charge in [0.05, 0.1) is 14.2 Å². The number of hydrogen-bond acceptors (Lipinski definition) is 5. The fraction of sp³-hybridized carbons (Fsp3) is 0.500. The van der Waals surface area contributed by atoms with E-state index in [-0.39, 0.29) is 29.5 Å². The maximum absolute atomic E-state index is 11.8. The molecule has 33 heavy (non-hydrogen) atoms. The van der Waals surface area contributed by atoms with Crippen molar-refractivity contribution in [3.05, 3.63) is 52.9 Å². The standard InChI is InChI=1S/C24H35N5O3.HI/c1-4-25-24(26-11-6-8-13-28-12-7-5-9-23(28)30)27-19-10-14-29(18-19)20-15-21(31-2)17-22(16-20)32-3;/h5,7,9,12,15-17,19H,4,6,8,10-11,13-14,18H2,1-3H3,(H2,25,26,27);1H. The number of hydrogen-bond donors (Lipinski definition) is 2. The molecule has 1 aliphatic rings. The molecule has 1 fully saturated rings. The van der Waals surface area contributed by atoms with Crippen LogP contribution in [0.3, 0.4) is 0 Å². The molecule has 1 atom stereocenters. The van der Waals surface area contributed by atoms with Gasteiger partial charge in [0.1, 0.15) is 11.5 Å². The number of unbranched alkanes of at least 4 members (excludes halogenated alkanes) is 1. The molecule has 8 nitrogen and oxygen atoms in total. The highest BCUT2D eigenvalue weighted by Gasteiger charge is 2.24. The van der Waals surface area contributed by atoms with Crippen molar-refractivity contribution in [2.45, 2.75) is 38.8 Å². The number of anilines is 1. The smallest absolute Gasteiger partial charge is 0.250 e. The van der Waals surface area contributed by atoms with Gasteiger partial charge in [-0.2, -0.15) is 0 Å². The Morgan fingerprint density at radius 1 is 1.15 bits per heavy atom. The van der Waals surface area contributed by atoms with Crippen molar-refractivity contribution in [3.8, 4) is 11.5 Å². The number of rotatable bonds is 10. The summed E-state index contributed by atoms with van der Waals surface area (Å²) in [7, 11) is 3.34. The van der Waals surface area contributed by atoms with Crippen molar-refractivity contribution in [1.82, 2.24) is 15.2 Å². The lowest BCUT2D eigenvalue weighted by Gasteiger charge is -2.21. The minimum atomic E-state index is 0. The van der Waals surface area contributed by atoms with Gasteiger partial charge in [-0.25, -0.2) is 0 Å². The SMILES string of the molecule is CCNC(=NCCCCn1ccccc1=O)NC1CCN(c2cc(OC)cc(OC)c2)C1.I. The quantitative estimate of drug-likeness (QED) is 0.198. The number of ether oxygens (including phenoxy) is 2. The van der Waals surface area contributed by atoms with Crippen molar-refractivity contribution < 1.29 is 9.47 Å². The highest BCUT2D eigenvalue weighted by Crippen LogP contribution is 2.30. The average molecular weight is 569 g/mol. The lowest BCUT2D eigenvalue weighted by molar-refractivity contribution is 0.394. The number of guanidine groups is 1. The predicted octanol–water partition coefficient (Wildman–Crippen LogP) is 3.10. The molecule has 1 unspecified atom stereocenters. The molecule has 2 heterocycles. The van der Waals surface area contributed by atoms with Crippen LogP contribution in [0.4, 0.5) is 5.69 Å². The molecule has 2 N–H and O–H groups in total. The number of methoxy groups -OCH3 is 2. The fourth-order valence-electron chi connectivity index (χ4n) is 3.83. The third kappa shape index (κ3) is 8.13. The second-order valence-corrected chi connectivity index (χ2v) is 7.85. The normalized spacial score (nSPS) is 15.7. The number of halogens is 1. The Bertz CT molecular complexity index is 927. The van der Waals surface area contributed by atoms with Crippen LogP contribution in [-0.2, 0) is 6.54 Å². The van der Waals surface area contributed by atoms with Crippen molar-refractivity contribution >= 4 is 35.6 Å². The number of nitrogens with one attached hydrogen (secondary N) is 2. The van der Waals surface area contributed by atoms with Crippen LogP contribution in [0.25, 0.3) is 0 Å². The Morgan fingerprint density at radius 2 is 1.91 bits per heavy atom. The maximum Gasteiger partial charge on any atom is 0.250 e. The minimum absolute atomic E-state index is 0. The molecule has 3 rings (SSSR count). The molecule has 1 aromatic carbocycles. The second-order valence-electron chi connectivity index (χ2n) is 7.85. The number of nitrogens with zero attached hydrogens (tertiary/aromatic N) is 3. The van der Waals surface area contributed by atoms with Gasteiger partial charge in [-0.3, -0.25) is 9.79 Å². The zero-order chi connectivity index (χ0) is 22.8. The molecule has 0 amide bonds. The van der Waals surface area contributed by atoms with E-state index in [0.717, 1.165) is 75.1 Å². The Balaban J connectivity index is 0.00000385. The third-order valence-corrected chi connectivity index (χ3v) is 5.55. The van der Waals surface area contributed by atoms with Crippen LogP contribution in [0.15, 0.2) is 52.4 Å². The first-order valence-electron chi connectivity index (χ1n) is 11.3. The molecule has 0 aliphatic carbocycles. The van der Waals surface area contributed by atoms with Crippen LogP contribution in [0, 0.1) is 0 Å². The lowest BCUT2D eigenvalue weighted by atomic mass is 10.2. The van der Waals surface area contributed by atoms with Crippen LogP contribution in [0.5, 0.6) is 11.5 Å². The van der Waals surface area contributed by atoms with E-state index in [4.69, 9.17) is 14.5 Å². The summed E-state index contributed by atoms with van der Waals surface area (Å²) in [6, 6.07) is 11.5. The van der Waals surface area contributed by atoms with Gasteiger partial charge in [0.2, 0.25) is 5.56 Å². The van der Waals surface area contributed by atoms with Gasteiger partial charge in [0.15, 0.2) is 5.96 Å². The zero-order valence-electron chi connectivity index (χ0n) is 19.8. The van der Waals surface area contributed by atoms with Gasteiger partial charge in [-0.1, -0.05) is 6.07 Å². The van der Waals surface area contributed by atoms with Crippen LogP contribution in [0.1, 0.15) is 26.2 Å². The minimum Gasteiger partial charge on any atom is -0.497 e. The first-order chi connectivity index (χ1) is 15.6. The molecule has 0 bridgehead atoms. The number of aromatic nitrogens is 1. The van der Waals surface area contributed by atoms with Crippen molar-refractivity contribution in [2.24, 2.45) is 4.99 Å².